The number of allylic oxidation sites excluding steroid dienone is 1. The van der Waals surface area contributed by atoms with Crippen molar-refractivity contribution in [3.05, 3.63) is 12.7 Å². The largest absolute Gasteiger partial charge is 0.396 e. The second-order valence-electron chi connectivity index (χ2n) is 2.22. The van der Waals surface area contributed by atoms with E-state index < -0.39 is 13.1 Å². The van der Waals surface area contributed by atoms with Crippen molar-refractivity contribution in [3.63, 3.8) is 0 Å². The van der Waals surface area contributed by atoms with Gasteiger partial charge in [0.25, 0.3) is 0 Å². The lowest BCUT2D eigenvalue weighted by atomic mass is 10.5. The van der Waals surface area contributed by atoms with Gasteiger partial charge in [0.1, 0.15) is 0 Å². The number of carbonyl (C=O) groups excluding carboxylic acids is 1. The summed E-state index contributed by atoms with van der Waals surface area (Å²) in [5, 5.41) is 0. The summed E-state index contributed by atoms with van der Waals surface area (Å²) < 4.78 is 21.3. The molecule has 0 N–H and O–H groups in total. The average Bonchev–Trinajstić information content (AvgIpc) is 2.05. The first-order chi connectivity index (χ1) is 6.10. The van der Waals surface area contributed by atoms with Gasteiger partial charge in [0, 0.05) is 6.42 Å². The lowest BCUT2D eigenvalue weighted by Gasteiger charge is -2.14. The Balaban J connectivity index is 4.46. The zero-order valence-corrected chi connectivity index (χ0v) is 8.88. The fourth-order valence-corrected chi connectivity index (χ4v) is 2.15. The molecule has 0 aromatic rings. The summed E-state index contributed by atoms with van der Waals surface area (Å²) >= 11 is 0. The van der Waals surface area contributed by atoms with Gasteiger partial charge in [-0.25, -0.2) is 0 Å². The van der Waals surface area contributed by atoms with E-state index in [1.165, 1.54) is 6.08 Å². The van der Waals surface area contributed by atoms with Crippen molar-refractivity contribution in [2.75, 3.05) is 13.2 Å². The maximum atomic E-state index is 11.7. The Morgan fingerprint density at radius 1 is 1.38 bits per heavy atom. The first kappa shape index (κ1) is 12.6. The van der Waals surface area contributed by atoms with Crippen molar-refractivity contribution in [1.29, 1.82) is 0 Å². The van der Waals surface area contributed by atoms with Gasteiger partial charge >= 0.3 is 7.60 Å². The molecule has 0 aromatic carbocycles. The molecule has 0 saturated heterocycles. The molecule has 0 spiro atoms. The lowest BCUT2D eigenvalue weighted by molar-refractivity contribution is -0.113. The summed E-state index contributed by atoms with van der Waals surface area (Å²) in [6.45, 7) is 7.09. The molecule has 0 aliphatic carbocycles. The number of hydrogen-bond donors (Lipinski definition) is 0. The van der Waals surface area contributed by atoms with E-state index in [0.29, 0.717) is 0 Å². The van der Waals surface area contributed by atoms with Crippen molar-refractivity contribution >= 4 is 13.1 Å². The minimum absolute atomic E-state index is 0.0112. The SMILES string of the molecule is C=CCC(=O)P(=O)(OCC)OCC. The van der Waals surface area contributed by atoms with E-state index >= 15 is 0 Å². The number of carbonyl (C=O) groups is 1. The molecule has 0 atom stereocenters. The third-order valence-electron chi connectivity index (χ3n) is 1.22. The highest BCUT2D eigenvalue weighted by atomic mass is 31.2. The molecule has 0 aliphatic rings. The summed E-state index contributed by atoms with van der Waals surface area (Å²) in [6.07, 6.45) is 1.39. The van der Waals surface area contributed by atoms with Gasteiger partial charge in [-0.15, -0.1) is 6.58 Å². The summed E-state index contributed by atoms with van der Waals surface area (Å²) in [5.74, 6) is 0. The van der Waals surface area contributed by atoms with Gasteiger partial charge in [0.15, 0.2) is 0 Å². The fraction of sp³-hybridized carbons (Fsp3) is 0.625. The van der Waals surface area contributed by atoms with Crippen molar-refractivity contribution in [2.45, 2.75) is 20.3 Å². The minimum atomic E-state index is -3.54. The van der Waals surface area contributed by atoms with Crippen LogP contribution in [0.5, 0.6) is 0 Å². The van der Waals surface area contributed by atoms with E-state index in [0.717, 1.165) is 0 Å². The summed E-state index contributed by atoms with van der Waals surface area (Å²) in [4.78, 5) is 11.3. The maximum Gasteiger partial charge on any atom is 0.396 e. The van der Waals surface area contributed by atoms with Crippen molar-refractivity contribution in [3.8, 4) is 0 Å². The zero-order valence-electron chi connectivity index (χ0n) is 7.99. The molecule has 5 heteroatoms. The standard InChI is InChI=1S/C8H15O4P/c1-4-7-8(9)13(10,11-5-2)12-6-3/h4H,1,5-7H2,2-3H3. The van der Waals surface area contributed by atoms with Crippen molar-refractivity contribution in [1.82, 2.24) is 0 Å². The lowest BCUT2D eigenvalue weighted by Crippen LogP contribution is -2.05. The molecule has 0 aliphatic heterocycles. The van der Waals surface area contributed by atoms with Crippen LogP contribution < -0.4 is 0 Å². The summed E-state index contributed by atoms with van der Waals surface area (Å²) in [6, 6.07) is 0. The molecule has 0 amide bonds. The molecular formula is C8H15O4P. The Labute approximate surface area is 78.5 Å². The van der Waals surface area contributed by atoms with Crippen LogP contribution in [0, 0.1) is 0 Å². The van der Waals surface area contributed by atoms with Crippen LogP contribution in [-0.4, -0.2) is 18.7 Å². The van der Waals surface area contributed by atoms with Crippen LogP contribution in [0.3, 0.4) is 0 Å². The molecule has 0 fully saturated rings. The molecular weight excluding hydrogens is 191 g/mol. The van der Waals surface area contributed by atoms with Crippen molar-refractivity contribution < 1.29 is 18.4 Å². The first-order valence-corrected chi connectivity index (χ1v) is 5.68. The highest BCUT2D eigenvalue weighted by Gasteiger charge is 2.32. The second-order valence-corrected chi connectivity index (χ2v) is 4.23. The molecule has 0 radical (unpaired) electrons. The maximum absolute atomic E-state index is 11.7. The summed E-state index contributed by atoms with van der Waals surface area (Å²) in [5.41, 5.74) is -0.536. The van der Waals surface area contributed by atoms with Gasteiger partial charge in [-0.3, -0.25) is 9.36 Å². The molecule has 0 saturated carbocycles. The van der Waals surface area contributed by atoms with Crippen LogP contribution in [0.1, 0.15) is 20.3 Å². The molecule has 13 heavy (non-hydrogen) atoms. The van der Waals surface area contributed by atoms with E-state index in [9.17, 15) is 9.36 Å². The van der Waals surface area contributed by atoms with Gasteiger partial charge < -0.3 is 9.05 Å². The molecule has 4 nitrogen and oxygen atoms in total. The van der Waals surface area contributed by atoms with E-state index in [1.54, 1.807) is 13.8 Å². The van der Waals surface area contributed by atoms with Crippen LogP contribution in [0.15, 0.2) is 12.7 Å². The minimum Gasteiger partial charge on any atom is -0.303 e. The van der Waals surface area contributed by atoms with Gasteiger partial charge in [-0.1, -0.05) is 6.08 Å². The smallest absolute Gasteiger partial charge is 0.303 e. The van der Waals surface area contributed by atoms with Crippen LogP contribution in [0.4, 0.5) is 0 Å². The van der Waals surface area contributed by atoms with Gasteiger partial charge in [-0.2, -0.15) is 0 Å². The predicted octanol–water partition coefficient (Wildman–Crippen LogP) is 2.36. The Bertz CT molecular complexity index is 214. The molecule has 76 valence electrons. The van der Waals surface area contributed by atoms with Crippen LogP contribution in [0.2, 0.25) is 0 Å². The van der Waals surface area contributed by atoms with Crippen LogP contribution in [0.25, 0.3) is 0 Å². The summed E-state index contributed by atoms with van der Waals surface area (Å²) in [7, 11) is -3.54. The topological polar surface area (TPSA) is 52.6 Å². The molecule has 0 heterocycles. The van der Waals surface area contributed by atoms with Crippen LogP contribution >= 0.6 is 7.60 Å². The Hall–Kier alpha value is -0.440. The predicted molar refractivity (Wildman–Crippen MR) is 50.7 cm³/mol. The number of rotatable bonds is 7. The van der Waals surface area contributed by atoms with E-state index in [-0.39, 0.29) is 19.6 Å². The number of hydrogen-bond acceptors (Lipinski definition) is 4. The second kappa shape index (κ2) is 6.08. The Morgan fingerprint density at radius 3 is 2.15 bits per heavy atom. The van der Waals surface area contributed by atoms with E-state index in [1.807, 2.05) is 0 Å². The van der Waals surface area contributed by atoms with Crippen LogP contribution in [-0.2, 0) is 18.4 Å². The van der Waals surface area contributed by atoms with Gasteiger partial charge in [-0.05, 0) is 13.8 Å². The average molecular weight is 206 g/mol. The first-order valence-electron chi connectivity index (χ1n) is 4.14. The van der Waals surface area contributed by atoms with Crippen molar-refractivity contribution in [2.24, 2.45) is 0 Å². The third kappa shape index (κ3) is 3.85. The monoisotopic (exact) mass is 206 g/mol. The quantitative estimate of drug-likeness (QED) is 0.474. The van der Waals surface area contributed by atoms with E-state index in [2.05, 4.69) is 6.58 Å². The highest BCUT2D eigenvalue weighted by Crippen LogP contribution is 2.49. The normalized spacial score (nSPS) is 11.2. The van der Waals surface area contributed by atoms with Gasteiger partial charge in [0.2, 0.25) is 5.52 Å². The van der Waals surface area contributed by atoms with E-state index in [4.69, 9.17) is 9.05 Å². The molecule has 0 bridgehead atoms. The molecule has 0 rings (SSSR count). The highest BCUT2D eigenvalue weighted by molar-refractivity contribution is 7.71. The third-order valence-corrected chi connectivity index (χ3v) is 3.21. The Morgan fingerprint density at radius 2 is 1.85 bits per heavy atom. The fourth-order valence-electron chi connectivity index (χ4n) is 0.756. The molecule has 0 unspecified atom stereocenters. The Kier molecular flexibility index (Phi) is 5.88. The van der Waals surface area contributed by atoms with Gasteiger partial charge in [0.05, 0.1) is 13.2 Å². The molecule has 0 aromatic heterocycles. The zero-order chi connectivity index (χ0) is 10.3.